The summed E-state index contributed by atoms with van der Waals surface area (Å²) in [5.74, 6) is 1.37. The maximum absolute atomic E-state index is 11.5. The van der Waals surface area contributed by atoms with Crippen LogP contribution in [0.4, 0.5) is 0 Å². The van der Waals surface area contributed by atoms with E-state index in [9.17, 15) is 4.79 Å². The van der Waals surface area contributed by atoms with Crippen LogP contribution >= 0.6 is 0 Å². The van der Waals surface area contributed by atoms with E-state index in [1.165, 1.54) is 14.0 Å². The van der Waals surface area contributed by atoms with Gasteiger partial charge in [-0.15, -0.1) is 0 Å². The molecular formula is C13H18O4. The molecule has 0 aliphatic carbocycles. The molecule has 0 saturated carbocycles. The van der Waals surface area contributed by atoms with Crippen molar-refractivity contribution in [2.75, 3.05) is 14.2 Å². The van der Waals surface area contributed by atoms with Crippen molar-refractivity contribution >= 4 is 5.78 Å². The molecule has 0 atom stereocenters. The normalized spacial score (nSPS) is 10.2. The molecule has 4 heteroatoms. The SMILES string of the molecule is COc1ccc(C(C)=O)c(OC(C)C)c1OC. The average molecular weight is 238 g/mol. The van der Waals surface area contributed by atoms with Gasteiger partial charge in [0.1, 0.15) is 0 Å². The van der Waals surface area contributed by atoms with E-state index in [-0.39, 0.29) is 11.9 Å². The molecule has 0 aromatic heterocycles. The zero-order valence-corrected chi connectivity index (χ0v) is 10.9. The van der Waals surface area contributed by atoms with Gasteiger partial charge in [0.05, 0.1) is 25.9 Å². The number of carbonyl (C=O) groups is 1. The van der Waals surface area contributed by atoms with Gasteiger partial charge in [0, 0.05) is 0 Å². The minimum atomic E-state index is -0.0680. The lowest BCUT2D eigenvalue weighted by molar-refractivity contribution is 0.101. The summed E-state index contributed by atoms with van der Waals surface area (Å²) in [6, 6.07) is 3.38. The molecular weight excluding hydrogens is 220 g/mol. The Morgan fingerprint density at radius 2 is 1.76 bits per heavy atom. The van der Waals surface area contributed by atoms with Crippen molar-refractivity contribution in [3.05, 3.63) is 17.7 Å². The number of ketones is 1. The van der Waals surface area contributed by atoms with Crippen molar-refractivity contribution in [3.63, 3.8) is 0 Å². The minimum Gasteiger partial charge on any atom is -0.493 e. The molecule has 0 N–H and O–H groups in total. The van der Waals surface area contributed by atoms with E-state index in [2.05, 4.69) is 0 Å². The predicted molar refractivity (Wildman–Crippen MR) is 65.3 cm³/mol. The number of carbonyl (C=O) groups excluding carboxylic acids is 1. The van der Waals surface area contributed by atoms with Crippen LogP contribution in [0.5, 0.6) is 17.2 Å². The molecule has 0 aliphatic heterocycles. The Balaban J connectivity index is 3.38. The van der Waals surface area contributed by atoms with Crippen LogP contribution in [-0.4, -0.2) is 26.1 Å². The van der Waals surface area contributed by atoms with Gasteiger partial charge in [-0.3, -0.25) is 4.79 Å². The van der Waals surface area contributed by atoms with Gasteiger partial charge in [-0.05, 0) is 32.9 Å². The lowest BCUT2D eigenvalue weighted by Crippen LogP contribution is -2.11. The van der Waals surface area contributed by atoms with Crippen molar-refractivity contribution in [3.8, 4) is 17.2 Å². The summed E-state index contributed by atoms with van der Waals surface area (Å²) in [5, 5.41) is 0. The zero-order valence-electron chi connectivity index (χ0n) is 10.9. The number of methoxy groups -OCH3 is 2. The fourth-order valence-electron chi connectivity index (χ4n) is 1.53. The molecule has 0 spiro atoms. The summed E-state index contributed by atoms with van der Waals surface area (Å²) in [5.41, 5.74) is 0.497. The summed E-state index contributed by atoms with van der Waals surface area (Å²) >= 11 is 0. The smallest absolute Gasteiger partial charge is 0.204 e. The molecule has 94 valence electrons. The van der Waals surface area contributed by atoms with Gasteiger partial charge in [-0.25, -0.2) is 0 Å². The monoisotopic (exact) mass is 238 g/mol. The molecule has 1 rings (SSSR count). The van der Waals surface area contributed by atoms with E-state index >= 15 is 0 Å². The van der Waals surface area contributed by atoms with E-state index in [4.69, 9.17) is 14.2 Å². The van der Waals surface area contributed by atoms with E-state index in [0.717, 1.165) is 0 Å². The topological polar surface area (TPSA) is 44.8 Å². The Hall–Kier alpha value is -1.71. The lowest BCUT2D eigenvalue weighted by atomic mass is 10.1. The second kappa shape index (κ2) is 5.57. The Morgan fingerprint density at radius 1 is 1.12 bits per heavy atom. The Bertz CT molecular complexity index is 410. The van der Waals surface area contributed by atoms with Gasteiger partial charge in [0.2, 0.25) is 5.75 Å². The molecule has 0 radical (unpaired) electrons. The average Bonchev–Trinajstić information content (AvgIpc) is 2.27. The molecule has 0 fully saturated rings. The molecule has 4 nitrogen and oxygen atoms in total. The molecule has 0 bridgehead atoms. The zero-order chi connectivity index (χ0) is 13.0. The van der Waals surface area contributed by atoms with Crippen LogP contribution in [0.25, 0.3) is 0 Å². The maximum atomic E-state index is 11.5. The van der Waals surface area contributed by atoms with Crippen molar-refractivity contribution < 1.29 is 19.0 Å². The standard InChI is InChI=1S/C13H18O4/c1-8(2)17-12-10(9(3)14)6-7-11(15-4)13(12)16-5/h6-8H,1-5H3. The van der Waals surface area contributed by atoms with Gasteiger partial charge in [-0.1, -0.05) is 0 Å². The number of hydrogen-bond donors (Lipinski definition) is 0. The number of ether oxygens (including phenoxy) is 3. The molecule has 0 saturated heterocycles. The first-order valence-electron chi connectivity index (χ1n) is 5.43. The Morgan fingerprint density at radius 3 is 2.18 bits per heavy atom. The molecule has 0 amide bonds. The van der Waals surface area contributed by atoms with E-state index in [1.54, 1.807) is 19.2 Å². The third-order valence-electron chi connectivity index (χ3n) is 2.23. The third-order valence-corrected chi connectivity index (χ3v) is 2.23. The molecule has 17 heavy (non-hydrogen) atoms. The summed E-state index contributed by atoms with van der Waals surface area (Å²) < 4.78 is 16.1. The first kappa shape index (κ1) is 13.4. The number of hydrogen-bond acceptors (Lipinski definition) is 4. The maximum Gasteiger partial charge on any atom is 0.204 e. The van der Waals surface area contributed by atoms with E-state index < -0.39 is 0 Å². The van der Waals surface area contributed by atoms with Crippen molar-refractivity contribution in [1.82, 2.24) is 0 Å². The Labute approximate surface area is 101 Å². The quantitative estimate of drug-likeness (QED) is 0.740. The highest BCUT2D eigenvalue weighted by molar-refractivity contribution is 5.98. The highest BCUT2D eigenvalue weighted by Crippen LogP contribution is 2.40. The fourth-order valence-corrected chi connectivity index (χ4v) is 1.53. The van der Waals surface area contributed by atoms with Gasteiger partial charge in [0.15, 0.2) is 17.3 Å². The van der Waals surface area contributed by atoms with Crippen LogP contribution in [0, 0.1) is 0 Å². The first-order valence-corrected chi connectivity index (χ1v) is 5.43. The fraction of sp³-hybridized carbons (Fsp3) is 0.462. The number of Topliss-reactive ketones (excluding diaryl/α,β-unsaturated/α-hetero) is 1. The van der Waals surface area contributed by atoms with Crippen LogP contribution in [-0.2, 0) is 0 Å². The van der Waals surface area contributed by atoms with Crippen LogP contribution in [0.3, 0.4) is 0 Å². The predicted octanol–water partition coefficient (Wildman–Crippen LogP) is 2.69. The first-order chi connectivity index (χ1) is 8.01. The van der Waals surface area contributed by atoms with Crippen LogP contribution in [0.15, 0.2) is 12.1 Å². The largest absolute Gasteiger partial charge is 0.493 e. The van der Waals surface area contributed by atoms with Gasteiger partial charge in [0.25, 0.3) is 0 Å². The number of rotatable bonds is 5. The third kappa shape index (κ3) is 2.90. The highest BCUT2D eigenvalue weighted by Gasteiger charge is 2.19. The molecule has 0 heterocycles. The summed E-state index contributed by atoms with van der Waals surface area (Å²) in [4.78, 5) is 11.5. The lowest BCUT2D eigenvalue weighted by Gasteiger charge is -2.18. The molecule has 0 aliphatic rings. The van der Waals surface area contributed by atoms with Crippen molar-refractivity contribution in [1.29, 1.82) is 0 Å². The van der Waals surface area contributed by atoms with Crippen molar-refractivity contribution in [2.45, 2.75) is 26.9 Å². The molecule has 0 unspecified atom stereocenters. The van der Waals surface area contributed by atoms with Gasteiger partial charge >= 0.3 is 0 Å². The van der Waals surface area contributed by atoms with E-state index in [1.807, 2.05) is 13.8 Å². The van der Waals surface area contributed by atoms with Crippen LogP contribution < -0.4 is 14.2 Å². The number of benzene rings is 1. The Kier molecular flexibility index (Phi) is 4.37. The summed E-state index contributed by atoms with van der Waals surface area (Å²) in [6.07, 6.45) is -0.0471. The minimum absolute atomic E-state index is 0.0471. The van der Waals surface area contributed by atoms with Gasteiger partial charge in [-0.2, -0.15) is 0 Å². The second-order valence-corrected chi connectivity index (χ2v) is 3.90. The second-order valence-electron chi connectivity index (χ2n) is 3.90. The highest BCUT2D eigenvalue weighted by atomic mass is 16.5. The molecule has 1 aromatic rings. The summed E-state index contributed by atoms with van der Waals surface area (Å²) in [7, 11) is 3.07. The van der Waals surface area contributed by atoms with E-state index in [0.29, 0.717) is 22.8 Å². The molecule has 1 aromatic carbocycles. The van der Waals surface area contributed by atoms with Crippen LogP contribution in [0.2, 0.25) is 0 Å². The van der Waals surface area contributed by atoms with Crippen molar-refractivity contribution in [2.24, 2.45) is 0 Å². The summed E-state index contributed by atoms with van der Waals surface area (Å²) in [6.45, 7) is 5.28. The van der Waals surface area contributed by atoms with Gasteiger partial charge < -0.3 is 14.2 Å². The van der Waals surface area contributed by atoms with Crippen LogP contribution in [0.1, 0.15) is 31.1 Å².